The third-order valence-corrected chi connectivity index (χ3v) is 3.07. The topological polar surface area (TPSA) is 0 Å². The molecule has 0 unspecified atom stereocenters. The van der Waals surface area contributed by atoms with Crippen molar-refractivity contribution in [2.75, 3.05) is 0 Å². The van der Waals surface area contributed by atoms with Crippen LogP contribution in [0, 0.1) is 6.92 Å². The number of benzene rings is 1. The first-order chi connectivity index (χ1) is 8.61. The van der Waals surface area contributed by atoms with Crippen LogP contribution in [0.4, 0.5) is 0 Å². The molecule has 0 aromatic heterocycles. The number of hydrogen-bond acceptors (Lipinski definition) is 0. The van der Waals surface area contributed by atoms with Crippen molar-refractivity contribution in [2.45, 2.75) is 41.5 Å². The maximum absolute atomic E-state index is 3.93. The summed E-state index contributed by atoms with van der Waals surface area (Å²) < 4.78 is 0. The van der Waals surface area contributed by atoms with Crippen molar-refractivity contribution in [3.8, 4) is 0 Å². The zero-order chi connectivity index (χ0) is 14.1. The monoisotopic (exact) mass is 242 g/mol. The van der Waals surface area contributed by atoms with E-state index in [1.54, 1.807) is 0 Å². The molecule has 0 saturated carbocycles. The number of rotatable bonds is 3. The molecular weight excluding hydrogens is 216 g/mol. The van der Waals surface area contributed by atoms with Gasteiger partial charge in [-0.05, 0) is 50.0 Å². The fraction of sp³-hybridized carbons (Fsp3) is 0.333. The van der Waals surface area contributed by atoms with Crippen molar-refractivity contribution in [2.24, 2.45) is 0 Å². The predicted molar refractivity (Wildman–Crippen MR) is 84.7 cm³/mol. The molecule has 0 heterocycles. The minimum atomic E-state index is 1.23. The van der Waals surface area contributed by atoms with Gasteiger partial charge in [0.25, 0.3) is 0 Å². The van der Waals surface area contributed by atoms with Gasteiger partial charge >= 0.3 is 0 Å². The third kappa shape index (κ3) is 4.03. The minimum Gasteiger partial charge on any atom is -0.0984 e. The molecule has 18 heavy (non-hydrogen) atoms. The van der Waals surface area contributed by atoms with E-state index >= 15 is 0 Å². The summed E-state index contributed by atoms with van der Waals surface area (Å²) in [5.74, 6) is 0. The Hall–Kier alpha value is -1.56. The summed E-state index contributed by atoms with van der Waals surface area (Å²) in [6.07, 6.45) is 4.09. The van der Waals surface area contributed by atoms with E-state index < -0.39 is 0 Å². The molecule has 0 nitrogen and oxygen atoms in total. The number of aryl methyl sites for hydroxylation is 1. The molecule has 0 atom stereocenters. The average Bonchev–Trinajstić information content (AvgIpc) is 2.42. The number of allylic oxidation sites excluding steroid dienone is 5. The molecule has 0 N–H and O–H groups in total. The fourth-order valence-electron chi connectivity index (χ4n) is 1.77. The zero-order valence-corrected chi connectivity index (χ0v) is 12.7. The van der Waals surface area contributed by atoms with Crippen LogP contribution in [0.15, 0.2) is 54.1 Å². The van der Waals surface area contributed by atoms with Crippen molar-refractivity contribution < 1.29 is 0 Å². The molecule has 0 heteroatoms. The molecule has 0 spiro atoms. The van der Waals surface area contributed by atoms with E-state index in [-0.39, 0.29) is 0 Å². The second-order valence-corrected chi connectivity index (χ2v) is 4.03. The van der Waals surface area contributed by atoms with Crippen molar-refractivity contribution >= 4 is 5.57 Å². The van der Waals surface area contributed by atoms with Gasteiger partial charge in [-0.25, -0.2) is 0 Å². The lowest BCUT2D eigenvalue weighted by atomic mass is 9.93. The molecule has 0 aliphatic heterocycles. The van der Waals surface area contributed by atoms with Crippen molar-refractivity contribution in [3.05, 3.63) is 65.3 Å². The second-order valence-electron chi connectivity index (χ2n) is 4.03. The molecule has 0 amide bonds. The Bertz CT molecular complexity index is 445. The van der Waals surface area contributed by atoms with Gasteiger partial charge in [-0.3, -0.25) is 0 Å². The molecule has 0 bridgehead atoms. The van der Waals surface area contributed by atoms with Gasteiger partial charge in [-0.15, -0.1) is 0 Å². The minimum absolute atomic E-state index is 1.23. The normalized spacial score (nSPS) is 12.2. The van der Waals surface area contributed by atoms with Crippen LogP contribution in [-0.4, -0.2) is 0 Å². The van der Waals surface area contributed by atoms with E-state index in [0.717, 1.165) is 0 Å². The largest absolute Gasteiger partial charge is 0.0984 e. The maximum Gasteiger partial charge on any atom is -0.0152 e. The van der Waals surface area contributed by atoms with Crippen molar-refractivity contribution in [1.29, 1.82) is 0 Å². The van der Waals surface area contributed by atoms with E-state index in [9.17, 15) is 0 Å². The van der Waals surface area contributed by atoms with Crippen LogP contribution in [0.1, 0.15) is 45.7 Å². The Morgan fingerprint density at radius 1 is 1.11 bits per heavy atom. The first-order valence-electron chi connectivity index (χ1n) is 6.64. The highest BCUT2D eigenvalue weighted by atomic mass is 14.1. The summed E-state index contributed by atoms with van der Waals surface area (Å²) in [4.78, 5) is 0. The van der Waals surface area contributed by atoms with Crippen LogP contribution in [-0.2, 0) is 0 Å². The molecule has 0 saturated heterocycles. The fourth-order valence-corrected chi connectivity index (χ4v) is 1.77. The van der Waals surface area contributed by atoms with Gasteiger partial charge in [-0.1, -0.05) is 62.4 Å². The van der Waals surface area contributed by atoms with Gasteiger partial charge in [0.15, 0.2) is 0 Å². The Balaban J connectivity index is 0.00000137. The van der Waals surface area contributed by atoms with Crippen LogP contribution < -0.4 is 0 Å². The first-order valence-corrected chi connectivity index (χ1v) is 6.64. The Kier molecular flexibility index (Phi) is 7.78. The van der Waals surface area contributed by atoms with Crippen molar-refractivity contribution in [1.82, 2.24) is 0 Å². The summed E-state index contributed by atoms with van der Waals surface area (Å²) in [6.45, 7) is 16.4. The van der Waals surface area contributed by atoms with Crippen molar-refractivity contribution in [3.63, 3.8) is 0 Å². The van der Waals surface area contributed by atoms with E-state index in [1.807, 2.05) is 19.9 Å². The molecule has 1 rings (SSSR count). The van der Waals surface area contributed by atoms with Gasteiger partial charge in [0, 0.05) is 0 Å². The average molecular weight is 242 g/mol. The van der Waals surface area contributed by atoms with Gasteiger partial charge in [-0.2, -0.15) is 0 Å². The van der Waals surface area contributed by atoms with Crippen LogP contribution in [0.3, 0.4) is 0 Å². The summed E-state index contributed by atoms with van der Waals surface area (Å²) in [5, 5.41) is 0. The predicted octanol–water partition coefficient (Wildman–Crippen LogP) is 5.95. The highest BCUT2D eigenvalue weighted by molar-refractivity contribution is 5.80. The quantitative estimate of drug-likeness (QED) is 0.575. The summed E-state index contributed by atoms with van der Waals surface area (Å²) in [7, 11) is 0. The molecular formula is C18H26. The summed E-state index contributed by atoms with van der Waals surface area (Å²) >= 11 is 0. The lowest BCUT2D eigenvalue weighted by molar-refractivity contribution is 1.32. The molecule has 98 valence electrons. The van der Waals surface area contributed by atoms with Crippen LogP contribution in [0.5, 0.6) is 0 Å². The highest BCUT2D eigenvalue weighted by Gasteiger charge is 2.05. The summed E-state index contributed by atoms with van der Waals surface area (Å²) in [5.41, 5.74) is 6.40. The van der Waals surface area contributed by atoms with Crippen LogP contribution in [0.2, 0.25) is 0 Å². The standard InChI is InChI=1S/C16H20.C2H6/c1-6-12(3)14(5)15(7-2)16-11-9-8-10-13(16)4;1-2/h6-11H,2H2,1,3-5H3;1-2H3/b12-6-,15-14+;. The second kappa shape index (κ2) is 8.52. The maximum atomic E-state index is 3.93. The first kappa shape index (κ1) is 16.4. The molecule has 0 aliphatic carbocycles. The molecule has 1 aromatic carbocycles. The van der Waals surface area contributed by atoms with Crippen LogP contribution >= 0.6 is 0 Å². The molecule has 0 aliphatic rings. The van der Waals surface area contributed by atoms with Gasteiger partial charge < -0.3 is 0 Å². The zero-order valence-electron chi connectivity index (χ0n) is 12.7. The van der Waals surface area contributed by atoms with Gasteiger partial charge in [0.05, 0.1) is 0 Å². The molecule has 0 radical (unpaired) electrons. The number of hydrogen-bond donors (Lipinski definition) is 0. The van der Waals surface area contributed by atoms with Gasteiger partial charge in [0.1, 0.15) is 0 Å². The van der Waals surface area contributed by atoms with E-state index in [1.165, 1.54) is 27.8 Å². The molecule has 0 fully saturated rings. The van der Waals surface area contributed by atoms with E-state index in [4.69, 9.17) is 0 Å². The SMILES string of the molecule is C=C/C(=C(C)\C(C)=C/C)c1ccccc1C.CC. The smallest absolute Gasteiger partial charge is 0.0152 e. The third-order valence-electron chi connectivity index (χ3n) is 3.07. The highest BCUT2D eigenvalue weighted by Crippen LogP contribution is 2.26. The Morgan fingerprint density at radius 2 is 1.67 bits per heavy atom. The van der Waals surface area contributed by atoms with E-state index in [0.29, 0.717) is 0 Å². The Morgan fingerprint density at radius 3 is 2.11 bits per heavy atom. The van der Waals surface area contributed by atoms with Gasteiger partial charge in [0.2, 0.25) is 0 Å². The molecule has 1 aromatic rings. The van der Waals surface area contributed by atoms with Crippen LogP contribution in [0.25, 0.3) is 5.57 Å². The van der Waals surface area contributed by atoms with E-state index in [2.05, 4.69) is 64.6 Å². The lowest BCUT2D eigenvalue weighted by Crippen LogP contribution is -1.91. The lowest BCUT2D eigenvalue weighted by Gasteiger charge is -2.11. The Labute approximate surface area is 113 Å². The summed E-state index contributed by atoms with van der Waals surface area (Å²) in [6, 6.07) is 8.43.